The fourth-order valence-corrected chi connectivity index (χ4v) is 4.86. The number of nitrogens with zero attached hydrogens (tertiary/aromatic N) is 1. The van der Waals surface area contributed by atoms with Crippen molar-refractivity contribution >= 4 is 31.9 Å². The van der Waals surface area contributed by atoms with Gasteiger partial charge in [0.25, 0.3) is 0 Å². The Kier molecular flexibility index (Phi) is 6.28. The SMILES string of the molecule is CCOC(=O)C1CCN(S(=O)(=O)c2cc(Br)c(C)cc2OC)CC1. The Morgan fingerprint density at radius 3 is 2.50 bits per heavy atom. The minimum Gasteiger partial charge on any atom is -0.495 e. The van der Waals surface area contributed by atoms with Crippen LogP contribution < -0.4 is 4.74 Å². The average Bonchev–Trinajstić information content (AvgIpc) is 2.57. The van der Waals surface area contributed by atoms with Gasteiger partial charge in [0.15, 0.2) is 0 Å². The average molecular weight is 420 g/mol. The highest BCUT2D eigenvalue weighted by Gasteiger charge is 2.34. The number of aryl methyl sites for hydroxylation is 1. The first-order valence-corrected chi connectivity index (χ1v) is 10.1. The van der Waals surface area contributed by atoms with Crippen LogP contribution >= 0.6 is 15.9 Å². The van der Waals surface area contributed by atoms with Gasteiger partial charge in [-0.15, -0.1) is 0 Å². The second kappa shape index (κ2) is 7.84. The summed E-state index contributed by atoms with van der Waals surface area (Å²) < 4.78 is 38.3. The number of hydrogen-bond acceptors (Lipinski definition) is 5. The summed E-state index contributed by atoms with van der Waals surface area (Å²) in [6.45, 7) is 4.56. The van der Waals surface area contributed by atoms with Crippen LogP contribution in [0.4, 0.5) is 0 Å². The van der Waals surface area contributed by atoms with E-state index in [1.54, 1.807) is 19.1 Å². The number of carbonyl (C=O) groups excluding carboxylic acids is 1. The van der Waals surface area contributed by atoms with E-state index in [9.17, 15) is 13.2 Å². The molecule has 1 saturated heterocycles. The Bertz CT molecular complexity index is 711. The predicted molar refractivity (Wildman–Crippen MR) is 93.5 cm³/mol. The molecule has 0 atom stereocenters. The summed E-state index contributed by atoms with van der Waals surface area (Å²) in [5.41, 5.74) is 0.895. The van der Waals surface area contributed by atoms with Gasteiger partial charge >= 0.3 is 5.97 Å². The van der Waals surface area contributed by atoms with Crippen LogP contribution in [0.2, 0.25) is 0 Å². The highest BCUT2D eigenvalue weighted by Crippen LogP contribution is 2.34. The molecule has 134 valence electrons. The largest absolute Gasteiger partial charge is 0.495 e. The highest BCUT2D eigenvalue weighted by atomic mass is 79.9. The second-order valence-corrected chi connectivity index (χ2v) is 8.44. The second-order valence-electron chi connectivity index (χ2n) is 5.68. The molecule has 0 unspecified atom stereocenters. The van der Waals surface area contributed by atoms with Gasteiger partial charge < -0.3 is 9.47 Å². The van der Waals surface area contributed by atoms with Gasteiger partial charge in [0.2, 0.25) is 10.0 Å². The van der Waals surface area contributed by atoms with Crippen LogP contribution in [0.3, 0.4) is 0 Å². The standard InChI is InChI=1S/C16H22BrNO5S/c1-4-23-16(19)12-5-7-18(8-6-12)24(20,21)15-10-13(17)11(2)9-14(15)22-3/h9-10,12H,4-8H2,1-3H3. The van der Waals surface area contributed by atoms with E-state index in [2.05, 4.69) is 15.9 Å². The summed E-state index contributed by atoms with van der Waals surface area (Å²) in [6.07, 6.45) is 0.931. The third-order valence-electron chi connectivity index (χ3n) is 4.14. The lowest BCUT2D eigenvalue weighted by Gasteiger charge is -2.30. The van der Waals surface area contributed by atoms with E-state index in [1.165, 1.54) is 11.4 Å². The number of ether oxygens (including phenoxy) is 2. The van der Waals surface area contributed by atoms with Crippen LogP contribution in [-0.4, -0.2) is 45.5 Å². The number of methoxy groups -OCH3 is 1. The van der Waals surface area contributed by atoms with Crippen molar-refractivity contribution in [2.75, 3.05) is 26.8 Å². The summed E-state index contributed by atoms with van der Waals surface area (Å²) >= 11 is 3.37. The molecular formula is C16H22BrNO5S. The van der Waals surface area contributed by atoms with Crippen LogP contribution in [0.15, 0.2) is 21.5 Å². The van der Waals surface area contributed by atoms with Gasteiger partial charge in [-0.3, -0.25) is 4.79 Å². The van der Waals surface area contributed by atoms with E-state index in [1.807, 2.05) is 6.92 Å². The maximum atomic E-state index is 12.9. The zero-order valence-electron chi connectivity index (χ0n) is 14.0. The molecule has 0 aliphatic carbocycles. The molecule has 2 rings (SSSR count). The molecule has 8 heteroatoms. The monoisotopic (exact) mass is 419 g/mol. The molecule has 1 heterocycles. The van der Waals surface area contributed by atoms with Crippen molar-refractivity contribution in [2.24, 2.45) is 5.92 Å². The highest BCUT2D eigenvalue weighted by molar-refractivity contribution is 9.10. The zero-order valence-corrected chi connectivity index (χ0v) is 16.4. The molecule has 1 aliphatic heterocycles. The topological polar surface area (TPSA) is 72.9 Å². The number of carbonyl (C=O) groups is 1. The number of benzene rings is 1. The number of piperidine rings is 1. The van der Waals surface area contributed by atoms with Crippen molar-refractivity contribution in [1.29, 1.82) is 0 Å². The molecule has 0 aromatic heterocycles. The molecule has 0 bridgehead atoms. The minimum absolute atomic E-state index is 0.136. The molecule has 0 N–H and O–H groups in total. The van der Waals surface area contributed by atoms with Crippen LogP contribution in [0.5, 0.6) is 5.75 Å². The Balaban J connectivity index is 2.21. The lowest BCUT2D eigenvalue weighted by atomic mass is 9.98. The lowest BCUT2D eigenvalue weighted by molar-refractivity contribution is -0.149. The third kappa shape index (κ3) is 3.92. The van der Waals surface area contributed by atoms with E-state index in [-0.39, 0.29) is 16.8 Å². The van der Waals surface area contributed by atoms with Crippen molar-refractivity contribution in [3.8, 4) is 5.75 Å². The van der Waals surface area contributed by atoms with Crippen molar-refractivity contribution in [1.82, 2.24) is 4.31 Å². The van der Waals surface area contributed by atoms with E-state index in [4.69, 9.17) is 9.47 Å². The number of hydrogen-bond donors (Lipinski definition) is 0. The minimum atomic E-state index is -3.68. The first-order valence-electron chi connectivity index (χ1n) is 7.82. The molecule has 6 nitrogen and oxygen atoms in total. The fourth-order valence-electron chi connectivity index (χ4n) is 2.73. The van der Waals surface area contributed by atoms with Crippen molar-refractivity contribution in [3.05, 3.63) is 22.2 Å². The molecule has 1 aromatic rings. The molecule has 0 radical (unpaired) electrons. The van der Waals surface area contributed by atoms with Gasteiger partial charge in [-0.2, -0.15) is 4.31 Å². The third-order valence-corrected chi connectivity index (χ3v) is 6.91. The maximum absolute atomic E-state index is 12.9. The molecule has 0 spiro atoms. The Morgan fingerprint density at radius 1 is 1.33 bits per heavy atom. The Hall–Kier alpha value is -1.12. The van der Waals surface area contributed by atoms with Gasteiger partial charge in [-0.05, 0) is 44.4 Å². The van der Waals surface area contributed by atoms with Gasteiger partial charge in [0.05, 0.1) is 19.6 Å². The zero-order chi connectivity index (χ0) is 17.9. The van der Waals surface area contributed by atoms with Crippen LogP contribution in [0.25, 0.3) is 0 Å². The molecular weight excluding hydrogens is 398 g/mol. The van der Waals surface area contributed by atoms with Crippen LogP contribution in [0, 0.1) is 12.8 Å². The number of rotatable bonds is 5. The van der Waals surface area contributed by atoms with Crippen LogP contribution in [0.1, 0.15) is 25.3 Å². The van der Waals surface area contributed by atoms with Gasteiger partial charge in [0.1, 0.15) is 10.6 Å². The summed E-state index contributed by atoms with van der Waals surface area (Å²) in [7, 11) is -2.23. The molecule has 1 fully saturated rings. The quantitative estimate of drug-likeness (QED) is 0.685. The Morgan fingerprint density at radius 2 is 1.96 bits per heavy atom. The van der Waals surface area contributed by atoms with E-state index in [0.717, 1.165) is 5.56 Å². The smallest absolute Gasteiger partial charge is 0.309 e. The Labute approximate surface area is 151 Å². The molecule has 1 aromatic carbocycles. The van der Waals surface area contributed by atoms with Gasteiger partial charge in [-0.25, -0.2) is 8.42 Å². The van der Waals surface area contributed by atoms with Gasteiger partial charge in [0, 0.05) is 17.6 Å². The maximum Gasteiger partial charge on any atom is 0.309 e. The predicted octanol–water partition coefficient (Wildman–Crippen LogP) is 2.73. The van der Waals surface area contributed by atoms with Gasteiger partial charge in [-0.1, -0.05) is 15.9 Å². The first kappa shape index (κ1) is 19.2. The number of halogens is 1. The fraction of sp³-hybridized carbons (Fsp3) is 0.562. The molecule has 0 saturated carbocycles. The molecule has 1 aliphatic rings. The van der Waals surface area contributed by atoms with E-state index < -0.39 is 10.0 Å². The van der Waals surface area contributed by atoms with Crippen LogP contribution in [-0.2, 0) is 19.6 Å². The summed E-state index contributed by atoms with van der Waals surface area (Å²) in [5.74, 6) is -0.156. The van der Waals surface area contributed by atoms with Crippen molar-refractivity contribution in [2.45, 2.75) is 31.6 Å². The normalized spacial score (nSPS) is 16.8. The lowest BCUT2D eigenvalue weighted by Crippen LogP contribution is -2.40. The summed E-state index contributed by atoms with van der Waals surface area (Å²) in [5, 5.41) is 0. The number of esters is 1. The van der Waals surface area contributed by atoms with Crippen molar-refractivity contribution in [3.63, 3.8) is 0 Å². The summed E-state index contributed by atoms with van der Waals surface area (Å²) in [6, 6.07) is 3.27. The van der Waals surface area contributed by atoms with Crippen molar-refractivity contribution < 1.29 is 22.7 Å². The van der Waals surface area contributed by atoms with E-state index >= 15 is 0 Å². The first-order chi connectivity index (χ1) is 11.3. The van der Waals surface area contributed by atoms with E-state index in [0.29, 0.717) is 42.8 Å². The summed E-state index contributed by atoms with van der Waals surface area (Å²) in [4.78, 5) is 11.9. The molecule has 24 heavy (non-hydrogen) atoms. The molecule has 0 amide bonds. The number of sulfonamides is 1.